The number of aryl methyl sites for hydroxylation is 2. The Morgan fingerprint density at radius 3 is 2.48 bits per heavy atom. The maximum Gasteiger partial charge on any atom is 0.242 e. The molecule has 0 atom stereocenters. The number of benzene rings is 1. The van der Waals surface area contributed by atoms with Gasteiger partial charge < -0.3 is 5.32 Å². The van der Waals surface area contributed by atoms with E-state index in [1.807, 2.05) is 12.1 Å². The summed E-state index contributed by atoms with van der Waals surface area (Å²) in [5.41, 5.74) is 3.01. The summed E-state index contributed by atoms with van der Waals surface area (Å²) in [7, 11) is 0. The minimum absolute atomic E-state index is 0.564. The van der Waals surface area contributed by atoms with Crippen molar-refractivity contribution in [3.05, 3.63) is 45.2 Å². The molecule has 0 spiro atoms. The van der Waals surface area contributed by atoms with Gasteiger partial charge in [-0.25, -0.2) is 4.98 Å². The summed E-state index contributed by atoms with van der Waals surface area (Å²) in [6.45, 7) is 4.82. The summed E-state index contributed by atoms with van der Waals surface area (Å²) in [5.74, 6) is 0.564. The van der Waals surface area contributed by atoms with Gasteiger partial charge in [0.25, 0.3) is 0 Å². The molecule has 21 heavy (non-hydrogen) atoms. The normalized spacial score (nSPS) is 10.7. The molecule has 2 rings (SSSR count). The molecule has 6 heteroatoms. The minimum atomic E-state index is 0.564. The largest absolute Gasteiger partial charge is 0.353 e. The van der Waals surface area contributed by atoms with E-state index in [0.29, 0.717) is 22.5 Å². The molecule has 1 heterocycles. The fourth-order valence-electron chi connectivity index (χ4n) is 2.05. The highest BCUT2D eigenvalue weighted by atomic mass is 35.5. The number of aromatic nitrogens is 3. The van der Waals surface area contributed by atoms with Crippen LogP contribution < -0.4 is 5.32 Å². The van der Waals surface area contributed by atoms with Crippen molar-refractivity contribution in [2.24, 2.45) is 0 Å². The molecule has 0 radical (unpaired) electrons. The molecule has 112 valence electrons. The standard InChI is InChI=1S/C15H18Cl2N4/c1-3-13-14(4-2)20-21-15(19-13)18-8-7-10-5-6-11(16)9-12(10)17/h5-6,9H,3-4,7-8H2,1-2H3,(H,18,19,21). The lowest BCUT2D eigenvalue weighted by atomic mass is 10.1. The zero-order chi connectivity index (χ0) is 15.2. The Morgan fingerprint density at radius 1 is 1.05 bits per heavy atom. The molecule has 0 aliphatic carbocycles. The van der Waals surface area contributed by atoms with Gasteiger partial charge >= 0.3 is 0 Å². The predicted octanol–water partition coefficient (Wildman–Crippen LogP) is 3.96. The van der Waals surface area contributed by atoms with Gasteiger partial charge in [0.05, 0.1) is 11.4 Å². The lowest BCUT2D eigenvalue weighted by molar-refractivity contribution is 0.817. The van der Waals surface area contributed by atoms with E-state index in [-0.39, 0.29) is 0 Å². The quantitative estimate of drug-likeness (QED) is 0.873. The first-order chi connectivity index (χ1) is 10.1. The van der Waals surface area contributed by atoms with Crippen molar-refractivity contribution in [2.75, 3.05) is 11.9 Å². The fourth-order valence-corrected chi connectivity index (χ4v) is 2.55. The first-order valence-electron chi connectivity index (χ1n) is 7.04. The monoisotopic (exact) mass is 324 g/mol. The van der Waals surface area contributed by atoms with Gasteiger partial charge in [-0.1, -0.05) is 43.1 Å². The molecular weight excluding hydrogens is 307 g/mol. The van der Waals surface area contributed by atoms with E-state index < -0.39 is 0 Å². The van der Waals surface area contributed by atoms with E-state index in [0.717, 1.165) is 36.2 Å². The van der Waals surface area contributed by atoms with Crippen molar-refractivity contribution >= 4 is 29.2 Å². The van der Waals surface area contributed by atoms with Crippen molar-refractivity contribution in [2.45, 2.75) is 33.1 Å². The van der Waals surface area contributed by atoms with Gasteiger partial charge in [-0.2, -0.15) is 5.10 Å². The van der Waals surface area contributed by atoms with E-state index in [9.17, 15) is 0 Å². The van der Waals surface area contributed by atoms with Crippen LogP contribution in [0, 0.1) is 0 Å². The highest BCUT2D eigenvalue weighted by Crippen LogP contribution is 2.21. The molecule has 1 N–H and O–H groups in total. The van der Waals surface area contributed by atoms with Gasteiger partial charge in [0.1, 0.15) is 0 Å². The zero-order valence-corrected chi connectivity index (χ0v) is 13.7. The molecule has 0 saturated carbocycles. The fraction of sp³-hybridized carbons (Fsp3) is 0.400. The zero-order valence-electron chi connectivity index (χ0n) is 12.2. The second-order valence-electron chi connectivity index (χ2n) is 4.65. The Balaban J connectivity index is 1.97. The van der Waals surface area contributed by atoms with Gasteiger partial charge in [-0.05, 0) is 37.0 Å². The third kappa shape index (κ3) is 4.29. The number of nitrogens with zero attached hydrogens (tertiary/aromatic N) is 3. The van der Waals surface area contributed by atoms with Gasteiger partial charge in [0, 0.05) is 16.6 Å². The predicted molar refractivity (Wildman–Crippen MR) is 87.2 cm³/mol. The first-order valence-corrected chi connectivity index (χ1v) is 7.79. The van der Waals surface area contributed by atoms with Crippen LogP contribution in [0.25, 0.3) is 0 Å². The molecular formula is C15H18Cl2N4. The lowest BCUT2D eigenvalue weighted by Crippen LogP contribution is -2.12. The first kappa shape index (κ1) is 16.0. The van der Waals surface area contributed by atoms with Crippen LogP contribution in [0.2, 0.25) is 10.0 Å². The van der Waals surface area contributed by atoms with Gasteiger partial charge in [-0.15, -0.1) is 5.10 Å². The van der Waals surface area contributed by atoms with Crippen LogP contribution in [-0.4, -0.2) is 21.7 Å². The van der Waals surface area contributed by atoms with Crippen molar-refractivity contribution in [1.82, 2.24) is 15.2 Å². The average molecular weight is 325 g/mol. The number of hydrogen-bond acceptors (Lipinski definition) is 4. The highest BCUT2D eigenvalue weighted by Gasteiger charge is 2.06. The van der Waals surface area contributed by atoms with E-state index in [1.54, 1.807) is 6.07 Å². The summed E-state index contributed by atoms with van der Waals surface area (Å²) in [5, 5.41) is 12.8. The van der Waals surface area contributed by atoms with Gasteiger partial charge in [0.15, 0.2) is 0 Å². The van der Waals surface area contributed by atoms with Crippen LogP contribution in [0.3, 0.4) is 0 Å². The number of halogens is 2. The smallest absolute Gasteiger partial charge is 0.242 e. The molecule has 1 aromatic heterocycles. The van der Waals surface area contributed by atoms with Gasteiger partial charge in [0.2, 0.25) is 5.95 Å². The molecule has 0 aliphatic heterocycles. The van der Waals surface area contributed by atoms with E-state index >= 15 is 0 Å². The molecule has 0 fully saturated rings. The summed E-state index contributed by atoms with van der Waals surface area (Å²) in [6.07, 6.45) is 2.48. The SMILES string of the molecule is CCc1nnc(NCCc2ccc(Cl)cc2Cl)nc1CC. The van der Waals surface area contributed by atoms with Crippen LogP contribution in [0.5, 0.6) is 0 Å². The number of nitrogens with one attached hydrogen (secondary N) is 1. The van der Waals surface area contributed by atoms with Crippen molar-refractivity contribution in [3.8, 4) is 0 Å². The molecule has 0 unspecified atom stereocenters. The number of anilines is 1. The highest BCUT2D eigenvalue weighted by molar-refractivity contribution is 6.35. The Labute approximate surface area is 134 Å². The maximum absolute atomic E-state index is 6.14. The Hall–Kier alpha value is -1.39. The lowest BCUT2D eigenvalue weighted by Gasteiger charge is -2.08. The molecule has 2 aromatic rings. The molecule has 0 saturated heterocycles. The Morgan fingerprint density at radius 2 is 1.81 bits per heavy atom. The number of hydrogen-bond donors (Lipinski definition) is 1. The van der Waals surface area contributed by atoms with Gasteiger partial charge in [-0.3, -0.25) is 0 Å². The van der Waals surface area contributed by atoms with Crippen molar-refractivity contribution in [1.29, 1.82) is 0 Å². The second kappa shape index (κ2) is 7.57. The van der Waals surface area contributed by atoms with Crippen LogP contribution in [0.15, 0.2) is 18.2 Å². The Kier molecular flexibility index (Phi) is 5.76. The second-order valence-corrected chi connectivity index (χ2v) is 5.49. The van der Waals surface area contributed by atoms with Crippen LogP contribution in [0.4, 0.5) is 5.95 Å². The van der Waals surface area contributed by atoms with Crippen LogP contribution >= 0.6 is 23.2 Å². The molecule has 0 bridgehead atoms. The maximum atomic E-state index is 6.14. The van der Waals surface area contributed by atoms with Crippen LogP contribution in [-0.2, 0) is 19.3 Å². The Bertz CT molecular complexity index is 617. The summed E-state index contributed by atoms with van der Waals surface area (Å²) in [4.78, 5) is 4.49. The third-order valence-electron chi connectivity index (χ3n) is 3.20. The third-order valence-corrected chi connectivity index (χ3v) is 3.79. The molecule has 0 aliphatic rings. The van der Waals surface area contributed by atoms with Crippen LogP contribution in [0.1, 0.15) is 30.8 Å². The minimum Gasteiger partial charge on any atom is -0.353 e. The average Bonchev–Trinajstić information content (AvgIpc) is 2.49. The number of rotatable bonds is 6. The molecule has 4 nitrogen and oxygen atoms in total. The topological polar surface area (TPSA) is 50.7 Å². The van der Waals surface area contributed by atoms with Crippen molar-refractivity contribution < 1.29 is 0 Å². The van der Waals surface area contributed by atoms with E-state index in [4.69, 9.17) is 23.2 Å². The summed E-state index contributed by atoms with van der Waals surface area (Å²) < 4.78 is 0. The van der Waals surface area contributed by atoms with Crippen molar-refractivity contribution in [3.63, 3.8) is 0 Å². The molecule has 0 amide bonds. The van der Waals surface area contributed by atoms with E-state index in [2.05, 4.69) is 34.3 Å². The summed E-state index contributed by atoms with van der Waals surface area (Å²) >= 11 is 12.0. The summed E-state index contributed by atoms with van der Waals surface area (Å²) in [6, 6.07) is 5.52. The molecule has 1 aromatic carbocycles. The van der Waals surface area contributed by atoms with E-state index in [1.165, 1.54) is 0 Å².